The smallest absolute Gasteiger partial charge is 0.0834 e. The van der Waals surface area contributed by atoms with E-state index in [0.717, 1.165) is 31.8 Å². The highest BCUT2D eigenvalue weighted by Gasteiger charge is 2.30. The van der Waals surface area contributed by atoms with Crippen molar-refractivity contribution in [3.63, 3.8) is 0 Å². The van der Waals surface area contributed by atoms with Crippen LogP contribution in [-0.2, 0) is 4.74 Å². The van der Waals surface area contributed by atoms with E-state index in [-0.39, 0.29) is 12.2 Å². The zero-order chi connectivity index (χ0) is 7.68. The van der Waals surface area contributed by atoms with E-state index in [1.165, 1.54) is 12.8 Å². The maximum Gasteiger partial charge on any atom is 0.0834 e. The van der Waals surface area contributed by atoms with Crippen molar-refractivity contribution < 1.29 is 9.84 Å². The molecule has 1 N–H and O–H groups in total. The predicted octanol–water partition coefficient (Wildman–Crippen LogP) is 1.33. The van der Waals surface area contributed by atoms with Gasteiger partial charge in [-0.2, -0.15) is 0 Å². The summed E-state index contributed by atoms with van der Waals surface area (Å²) in [4.78, 5) is 0. The van der Waals surface area contributed by atoms with Crippen LogP contribution in [0.3, 0.4) is 0 Å². The summed E-state index contributed by atoms with van der Waals surface area (Å²) in [6.45, 7) is 0.854. The molecule has 0 aromatic carbocycles. The van der Waals surface area contributed by atoms with Gasteiger partial charge in [-0.25, -0.2) is 0 Å². The van der Waals surface area contributed by atoms with Crippen molar-refractivity contribution in [2.45, 2.75) is 44.3 Å². The average Bonchev–Trinajstić information content (AvgIpc) is 2.67. The van der Waals surface area contributed by atoms with Crippen molar-refractivity contribution in [2.24, 2.45) is 5.92 Å². The Hall–Kier alpha value is -0.0800. The molecular formula is C9H16O2. The Morgan fingerprint density at radius 1 is 1.36 bits per heavy atom. The molecule has 64 valence electrons. The van der Waals surface area contributed by atoms with Crippen LogP contribution in [0.2, 0.25) is 0 Å². The molecular weight excluding hydrogens is 140 g/mol. The lowest BCUT2D eigenvalue weighted by Crippen LogP contribution is -2.25. The van der Waals surface area contributed by atoms with Gasteiger partial charge in [-0.3, -0.25) is 0 Å². The molecule has 1 saturated carbocycles. The fourth-order valence-electron chi connectivity index (χ4n) is 1.75. The third-order valence-corrected chi connectivity index (χ3v) is 2.67. The Morgan fingerprint density at radius 2 is 2.18 bits per heavy atom. The number of hydrogen-bond donors (Lipinski definition) is 1. The monoisotopic (exact) mass is 156 g/mol. The summed E-state index contributed by atoms with van der Waals surface area (Å²) in [5, 5.41) is 9.63. The first-order chi connectivity index (χ1) is 5.36. The van der Waals surface area contributed by atoms with Crippen LogP contribution in [0.1, 0.15) is 32.1 Å². The first-order valence-corrected chi connectivity index (χ1v) is 4.66. The summed E-state index contributed by atoms with van der Waals surface area (Å²) >= 11 is 0. The highest BCUT2D eigenvalue weighted by molar-refractivity contribution is 4.81. The molecule has 2 unspecified atom stereocenters. The largest absolute Gasteiger partial charge is 0.390 e. The maximum absolute atomic E-state index is 9.63. The van der Waals surface area contributed by atoms with Gasteiger partial charge >= 0.3 is 0 Å². The van der Waals surface area contributed by atoms with Gasteiger partial charge in [0.2, 0.25) is 0 Å². The number of ether oxygens (including phenoxy) is 1. The Kier molecular flexibility index (Phi) is 2.14. The van der Waals surface area contributed by atoms with Crippen molar-refractivity contribution in [3.8, 4) is 0 Å². The Morgan fingerprint density at radius 3 is 2.73 bits per heavy atom. The normalized spacial score (nSPS) is 34.1. The standard InChI is InChI=1S/C9H16O2/c10-8(6-7-3-4-7)9-2-1-5-11-9/h7-10H,1-6H2. The molecule has 2 aliphatic rings. The SMILES string of the molecule is OC(CC1CC1)C1CCCO1. The van der Waals surface area contributed by atoms with Crippen LogP contribution in [0.5, 0.6) is 0 Å². The second kappa shape index (κ2) is 3.11. The van der Waals surface area contributed by atoms with E-state index in [2.05, 4.69) is 0 Å². The van der Waals surface area contributed by atoms with Crippen LogP contribution in [-0.4, -0.2) is 23.9 Å². The molecule has 2 rings (SSSR count). The fourth-order valence-corrected chi connectivity index (χ4v) is 1.75. The quantitative estimate of drug-likeness (QED) is 0.668. The van der Waals surface area contributed by atoms with Gasteiger partial charge in [0, 0.05) is 6.61 Å². The first-order valence-electron chi connectivity index (χ1n) is 4.66. The Bertz CT molecular complexity index is 126. The molecule has 2 atom stereocenters. The minimum Gasteiger partial charge on any atom is -0.390 e. The van der Waals surface area contributed by atoms with Gasteiger partial charge in [0.25, 0.3) is 0 Å². The molecule has 2 heteroatoms. The third kappa shape index (κ3) is 1.94. The summed E-state index contributed by atoms with van der Waals surface area (Å²) in [6.07, 6.45) is 5.80. The number of rotatable bonds is 3. The van der Waals surface area contributed by atoms with Gasteiger partial charge in [0.05, 0.1) is 12.2 Å². The summed E-state index contributed by atoms with van der Waals surface area (Å²) in [5.41, 5.74) is 0. The van der Waals surface area contributed by atoms with Gasteiger partial charge in [0.1, 0.15) is 0 Å². The molecule has 1 saturated heterocycles. The van der Waals surface area contributed by atoms with Crippen LogP contribution in [0, 0.1) is 5.92 Å². The third-order valence-electron chi connectivity index (χ3n) is 2.67. The van der Waals surface area contributed by atoms with E-state index >= 15 is 0 Å². The lowest BCUT2D eigenvalue weighted by Gasteiger charge is -2.16. The van der Waals surface area contributed by atoms with E-state index in [4.69, 9.17) is 4.74 Å². The predicted molar refractivity (Wildman–Crippen MR) is 42.3 cm³/mol. The van der Waals surface area contributed by atoms with Gasteiger partial charge in [-0.1, -0.05) is 12.8 Å². The first kappa shape index (κ1) is 7.56. The summed E-state index contributed by atoms with van der Waals surface area (Å²) < 4.78 is 5.39. The van der Waals surface area contributed by atoms with Crippen molar-refractivity contribution in [1.29, 1.82) is 0 Å². The summed E-state index contributed by atoms with van der Waals surface area (Å²) in [6, 6.07) is 0. The molecule has 0 radical (unpaired) electrons. The number of aliphatic hydroxyl groups is 1. The minimum absolute atomic E-state index is 0.163. The minimum atomic E-state index is -0.176. The topological polar surface area (TPSA) is 29.5 Å². The number of aliphatic hydroxyl groups excluding tert-OH is 1. The highest BCUT2D eigenvalue weighted by atomic mass is 16.5. The van der Waals surface area contributed by atoms with Gasteiger partial charge in [-0.05, 0) is 25.2 Å². The second-order valence-electron chi connectivity index (χ2n) is 3.80. The molecule has 0 bridgehead atoms. The lowest BCUT2D eigenvalue weighted by molar-refractivity contribution is -0.00785. The van der Waals surface area contributed by atoms with Crippen LogP contribution in [0.25, 0.3) is 0 Å². The van der Waals surface area contributed by atoms with E-state index < -0.39 is 0 Å². The maximum atomic E-state index is 9.63. The van der Waals surface area contributed by atoms with Gasteiger partial charge in [0.15, 0.2) is 0 Å². The van der Waals surface area contributed by atoms with Gasteiger partial charge in [-0.15, -0.1) is 0 Å². The molecule has 0 aromatic heterocycles. The molecule has 1 heterocycles. The summed E-state index contributed by atoms with van der Waals surface area (Å²) in [5.74, 6) is 0.814. The molecule has 0 spiro atoms. The lowest BCUT2D eigenvalue weighted by atomic mass is 10.1. The average molecular weight is 156 g/mol. The molecule has 1 aliphatic carbocycles. The van der Waals surface area contributed by atoms with E-state index in [0.29, 0.717) is 0 Å². The van der Waals surface area contributed by atoms with E-state index in [1.807, 2.05) is 0 Å². The van der Waals surface area contributed by atoms with Crippen LogP contribution in [0.4, 0.5) is 0 Å². The van der Waals surface area contributed by atoms with Gasteiger partial charge < -0.3 is 9.84 Å². The fraction of sp³-hybridized carbons (Fsp3) is 1.00. The molecule has 0 amide bonds. The van der Waals surface area contributed by atoms with Crippen LogP contribution < -0.4 is 0 Å². The molecule has 2 nitrogen and oxygen atoms in total. The summed E-state index contributed by atoms with van der Waals surface area (Å²) in [7, 11) is 0. The number of hydrogen-bond acceptors (Lipinski definition) is 2. The van der Waals surface area contributed by atoms with E-state index in [9.17, 15) is 5.11 Å². The zero-order valence-electron chi connectivity index (χ0n) is 6.83. The van der Waals surface area contributed by atoms with Crippen molar-refractivity contribution >= 4 is 0 Å². The Balaban J connectivity index is 1.73. The second-order valence-corrected chi connectivity index (χ2v) is 3.80. The van der Waals surface area contributed by atoms with E-state index in [1.54, 1.807) is 0 Å². The van der Waals surface area contributed by atoms with Crippen molar-refractivity contribution in [3.05, 3.63) is 0 Å². The molecule has 2 fully saturated rings. The van der Waals surface area contributed by atoms with Crippen molar-refractivity contribution in [1.82, 2.24) is 0 Å². The zero-order valence-corrected chi connectivity index (χ0v) is 6.83. The molecule has 0 aromatic rings. The Labute approximate surface area is 67.6 Å². The highest BCUT2D eigenvalue weighted by Crippen LogP contribution is 2.35. The van der Waals surface area contributed by atoms with Crippen molar-refractivity contribution in [2.75, 3.05) is 6.61 Å². The molecule has 1 aliphatic heterocycles. The van der Waals surface area contributed by atoms with Crippen LogP contribution >= 0.6 is 0 Å². The molecule has 11 heavy (non-hydrogen) atoms. The van der Waals surface area contributed by atoms with Crippen LogP contribution in [0.15, 0.2) is 0 Å².